The molecule has 4 heteroatoms. The fraction of sp³-hybridized carbons (Fsp3) is 0.647. The first kappa shape index (κ1) is 18.8. The Labute approximate surface area is 141 Å². The van der Waals surface area contributed by atoms with E-state index in [9.17, 15) is 4.39 Å². The van der Waals surface area contributed by atoms with Gasteiger partial charge in [0.05, 0.1) is 17.0 Å². The van der Waals surface area contributed by atoms with E-state index < -0.39 is 0 Å². The molecule has 1 atom stereocenters. The average molecular weight is 380 g/mol. The predicted molar refractivity (Wildman–Crippen MR) is 91.9 cm³/mol. The summed E-state index contributed by atoms with van der Waals surface area (Å²) in [6.45, 7) is 2.23. The van der Waals surface area contributed by atoms with Gasteiger partial charge in [-0.1, -0.05) is 51.9 Å². The van der Waals surface area contributed by atoms with E-state index in [0.717, 1.165) is 18.4 Å². The van der Waals surface area contributed by atoms with Gasteiger partial charge in [0.1, 0.15) is 11.6 Å². The van der Waals surface area contributed by atoms with Crippen molar-refractivity contribution in [1.82, 2.24) is 0 Å². The van der Waals surface area contributed by atoms with Crippen molar-refractivity contribution in [1.29, 1.82) is 0 Å². The van der Waals surface area contributed by atoms with Crippen LogP contribution in [0.4, 0.5) is 4.39 Å². The van der Waals surface area contributed by atoms with Crippen LogP contribution >= 0.6 is 27.5 Å². The molecule has 0 heterocycles. The van der Waals surface area contributed by atoms with Crippen LogP contribution in [0.25, 0.3) is 0 Å². The minimum absolute atomic E-state index is 0.132. The molecule has 0 aliphatic rings. The molecule has 0 radical (unpaired) electrons. The van der Waals surface area contributed by atoms with E-state index in [1.165, 1.54) is 44.6 Å². The minimum atomic E-state index is -0.324. The molecule has 120 valence electrons. The third kappa shape index (κ3) is 6.56. The summed E-state index contributed by atoms with van der Waals surface area (Å²) < 4.78 is 19.2. The minimum Gasteiger partial charge on any atom is -0.496 e. The van der Waals surface area contributed by atoms with E-state index in [4.69, 9.17) is 16.3 Å². The van der Waals surface area contributed by atoms with Crippen molar-refractivity contribution >= 4 is 27.5 Å². The Morgan fingerprint density at radius 1 is 1.14 bits per heavy atom. The van der Waals surface area contributed by atoms with Crippen LogP contribution in [-0.4, -0.2) is 7.11 Å². The highest BCUT2D eigenvalue weighted by molar-refractivity contribution is 9.10. The smallest absolute Gasteiger partial charge is 0.141 e. The maximum absolute atomic E-state index is 13.5. The second-order valence-corrected chi connectivity index (χ2v) is 6.77. The summed E-state index contributed by atoms with van der Waals surface area (Å²) in [7, 11) is 1.55. The molecule has 0 amide bonds. The Hall–Kier alpha value is -0.280. The van der Waals surface area contributed by atoms with Gasteiger partial charge in [0.15, 0.2) is 0 Å². The van der Waals surface area contributed by atoms with Crippen LogP contribution in [0.1, 0.15) is 69.2 Å². The van der Waals surface area contributed by atoms with Gasteiger partial charge in [0, 0.05) is 11.6 Å². The van der Waals surface area contributed by atoms with Crippen LogP contribution < -0.4 is 4.74 Å². The zero-order chi connectivity index (χ0) is 15.7. The van der Waals surface area contributed by atoms with Gasteiger partial charge < -0.3 is 4.74 Å². The first-order valence-corrected chi connectivity index (χ1v) is 9.00. The highest BCUT2D eigenvalue weighted by Gasteiger charge is 2.16. The maximum Gasteiger partial charge on any atom is 0.141 e. The Balaban J connectivity index is 2.41. The monoisotopic (exact) mass is 378 g/mol. The molecular weight excluding hydrogens is 355 g/mol. The quantitative estimate of drug-likeness (QED) is 0.313. The lowest BCUT2D eigenvalue weighted by Gasteiger charge is -2.15. The van der Waals surface area contributed by atoms with Crippen LogP contribution in [-0.2, 0) is 0 Å². The largest absolute Gasteiger partial charge is 0.496 e. The predicted octanol–water partition coefficient (Wildman–Crippen LogP) is 7.02. The van der Waals surface area contributed by atoms with Crippen LogP contribution in [0.2, 0.25) is 0 Å². The number of methoxy groups -OCH3 is 1. The van der Waals surface area contributed by atoms with Crippen molar-refractivity contribution in [2.75, 3.05) is 7.11 Å². The average Bonchev–Trinajstić information content (AvgIpc) is 2.48. The zero-order valence-corrected chi connectivity index (χ0v) is 15.3. The van der Waals surface area contributed by atoms with E-state index in [0.29, 0.717) is 10.2 Å². The third-order valence-electron chi connectivity index (χ3n) is 3.67. The number of ether oxygens (including phenoxy) is 1. The highest BCUT2D eigenvalue weighted by Crippen LogP contribution is 2.36. The molecule has 21 heavy (non-hydrogen) atoms. The van der Waals surface area contributed by atoms with Crippen LogP contribution in [0, 0.1) is 5.82 Å². The molecule has 1 unspecified atom stereocenters. The molecule has 1 rings (SSSR count). The van der Waals surface area contributed by atoms with E-state index in [1.807, 2.05) is 0 Å². The normalized spacial score (nSPS) is 12.4. The lowest BCUT2D eigenvalue weighted by molar-refractivity contribution is 0.404. The molecule has 1 aromatic carbocycles. The van der Waals surface area contributed by atoms with Gasteiger partial charge in [0.25, 0.3) is 0 Å². The van der Waals surface area contributed by atoms with Gasteiger partial charge in [-0.15, -0.1) is 11.6 Å². The zero-order valence-electron chi connectivity index (χ0n) is 12.9. The lowest BCUT2D eigenvalue weighted by atomic mass is 10.0. The molecule has 0 aromatic heterocycles. The molecule has 0 fully saturated rings. The Kier molecular flexibility index (Phi) is 9.34. The van der Waals surface area contributed by atoms with Gasteiger partial charge in [-0.2, -0.15) is 0 Å². The van der Waals surface area contributed by atoms with Crippen molar-refractivity contribution in [3.8, 4) is 5.75 Å². The number of benzene rings is 1. The lowest BCUT2D eigenvalue weighted by Crippen LogP contribution is -1.98. The van der Waals surface area contributed by atoms with E-state index >= 15 is 0 Å². The molecule has 0 saturated carbocycles. The SMILES string of the molecule is CCCCCCCCCC(Cl)c1cc(Br)c(F)cc1OC. The summed E-state index contributed by atoms with van der Waals surface area (Å²) in [6, 6.07) is 3.12. The number of hydrogen-bond donors (Lipinski definition) is 0. The summed E-state index contributed by atoms with van der Waals surface area (Å²) in [5, 5.41) is -0.132. The topological polar surface area (TPSA) is 9.23 Å². The summed E-state index contributed by atoms with van der Waals surface area (Å²) >= 11 is 9.66. The fourth-order valence-corrected chi connectivity index (χ4v) is 3.09. The van der Waals surface area contributed by atoms with E-state index in [2.05, 4.69) is 22.9 Å². The number of unbranched alkanes of at least 4 members (excludes halogenated alkanes) is 6. The van der Waals surface area contributed by atoms with Crippen molar-refractivity contribution in [3.05, 3.63) is 28.0 Å². The second-order valence-electron chi connectivity index (χ2n) is 5.39. The van der Waals surface area contributed by atoms with Crippen molar-refractivity contribution in [3.63, 3.8) is 0 Å². The first-order valence-electron chi connectivity index (χ1n) is 7.77. The summed E-state index contributed by atoms with van der Waals surface area (Å²) in [4.78, 5) is 0. The Bertz CT molecular complexity index is 425. The van der Waals surface area contributed by atoms with Crippen molar-refractivity contribution in [2.24, 2.45) is 0 Å². The van der Waals surface area contributed by atoms with Gasteiger partial charge in [-0.05, 0) is 28.4 Å². The van der Waals surface area contributed by atoms with Crippen LogP contribution in [0.5, 0.6) is 5.75 Å². The summed E-state index contributed by atoms with van der Waals surface area (Å²) in [5.74, 6) is 0.203. The molecule has 0 bridgehead atoms. The third-order valence-corrected chi connectivity index (χ3v) is 4.73. The highest BCUT2D eigenvalue weighted by atomic mass is 79.9. The number of rotatable bonds is 10. The van der Waals surface area contributed by atoms with Gasteiger partial charge >= 0.3 is 0 Å². The Morgan fingerprint density at radius 3 is 2.38 bits per heavy atom. The number of alkyl halides is 1. The fourth-order valence-electron chi connectivity index (χ4n) is 2.40. The first-order chi connectivity index (χ1) is 10.1. The van der Waals surface area contributed by atoms with Gasteiger partial charge in [-0.3, -0.25) is 0 Å². The molecule has 0 aliphatic carbocycles. The molecule has 0 N–H and O–H groups in total. The number of halogens is 3. The van der Waals surface area contributed by atoms with Crippen LogP contribution in [0.3, 0.4) is 0 Å². The Morgan fingerprint density at radius 2 is 1.76 bits per heavy atom. The van der Waals surface area contributed by atoms with Crippen molar-refractivity contribution < 1.29 is 9.13 Å². The summed E-state index contributed by atoms with van der Waals surface area (Å²) in [6.07, 6.45) is 9.72. The number of hydrogen-bond acceptors (Lipinski definition) is 1. The maximum atomic E-state index is 13.5. The van der Waals surface area contributed by atoms with Gasteiger partial charge in [0.2, 0.25) is 0 Å². The molecule has 0 aliphatic heterocycles. The van der Waals surface area contributed by atoms with Crippen LogP contribution in [0.15, 0.2) is 16.6 Å². The van der Waals surface area contributed by atoms with E-state index in [-0.39, 0.29) is 11.2 Å². The summed E-state index contributed by atoms with van der Waals surface area (Å²) in [5.41, 5.74) is 0.860. The second kappa shape index (κ2) is 10.4. The van der Waals surface area contributed by atoms with Gasteiger partial charge in [-0.25, -0.2) is 4.39 Å². The molecule has 0 saturated heterocycles. The molecular formula is C17H25BrClFO. The molecule has 0 spiro atoms. The van der Waals surface area contributed by atoms with E-state index in [1.54, 1.807) is 13.2 Å². The molecule has 1 aromatic rings. The van der Waals surface area contributed by atoms with Crippen molar-refractivity contribution in [2.45, 2.75) is 63.7 Å². The molecule has 1 nitrogen and oxygen atoms in total. The standard InChI is InChI=1S/C17H25BrClFO/c1-3-4-5-6-7-8-9-10-15(19)13-11-14(18)16(20)12-17(13)21-2/h11-12,15H,3-10H2,1-2H3.